The third-order valence-electron chi connectivity index (χ3n) is 2.97. The van der Waals surface area contributed by atoms with E-state index < -0.39 is 6.10 Å². The zero-order valence-electron chi connectivity index (χ0n) is 11.9. The standard InChI is InChI=1S/C16H16N2O3/c1-3-16(19)15-5-4-12(10-18-15)21-14-7-11(9-17)6-13(8-14)20-2/h4-8,10,16,19H,3H2,1-2H3/t16-/m1/s1. The molecular formula is C16H16N2O3. The fraction of sp³-hybridized carbons (Fsp3) is 0.250. The van der Waals surface area contributed by atoms with E-state index >= 15 is 0 Å². The number of ether oxygens (including phenoxy) is 2. The number of nitriles is 1. The van der Waals surface area contributed by atoms with E-state index in [1.807, 2.05) is 6.92 Å². The summed E-state index contributed by atoms with van der Waals surface area (Å²) in [7, 11) is 1.53. The van der Waals surface area contributed by atoms with Crippen LogP contribution in [0.2, 0.25) is 0 Å². The van der Waals surface area contributed by atoms with Crippen LogP contribution in [0.15, 0.2) is 36.5 Å². The number of aliphatic hydroxyl groups excluding tert-OH is 1. The first-order chi connectivity index (χ1) is 10.2. The second kappa shape index (κ2) is 6.73. The van der Waals surface area contributed by atoms with Crippen LogP contribution in [0.25, 0.3) is 0 Å². The van der Waals surface area contributed by atoms with Gasteiger partial charge in [0.2, 0.25) is 0 Å². The van der Waals surface area contributed by atoms with Gasteiger partial charge in [0, 0.05) is 6.07 Å². The van der Waals surface area contributed by atoms with Gasteiger partial charge in [-0.2, -0.15) is 5.26 Å². The van der Waals surface area contributed by atoms with Gasteiger partial charge in [0.05, 0.1) is 36.7 Å². The van der Waals surface area contributed by atoms with E-state index in [1.165, 1.54) is 7.11 Å². The molecule has 0 unspecified atom stereocenters. The van der Waals surface area contributed by atoms with Crippen LogP contribution >= 0.6 is 0 Å². The maximum Gasteiger partial charge on any atom is 0.145 e. The van der Waals surface area contributed by atoms with Crippen molar-refractivity contribution in [1.29, 1.82) is 5.26 Å². The van der Waals surface area contributed by atoms with Crippen molar-refractivity contribution < 1.29 is 14.6 Å². The highest BCUT2D eigenvalue weighted by molar-refractivity contribution is 5.45. The van der Waals surface area contributed by atoms with E-state index in [0.717, 1.165) is 0 Å². The molecule has 0 amide bonds. The van der Waals surface area contributed by atoms with Crippen molar-refractivity contribution in [3.8, 4) is 23.3 Å². The van der Waals surface area contributed by atoms with Gasteiger partial charge in [-0.25, -0.2) is 0 Å². The zero-order valence-corrected chi connectivity index (χ0v) is 11.9. The molecule has 5 nitrogen and oxygen atoms in total. The minimum absolute atomic E-state index is 0.454. The molecule has 1 atom stereocenters. The van der Waals surface area contributed by atoms with Crippen molar-refractivity contribution in [3.63, 3.8) is 0 Å². The summed E-state index contributed by atoms with van der Waals surface area (Å²) in [6.45, 7) is 1.89. The Morgan fingerprint density at radius 2 is 2.00 bits per heavy atom. The van der Waals surface area contributed by atoms with Crippen LogP contribution in [0, 0.1) is 11.3 Å². The van der Waals surface area contributed by atoms with Crippen LogP contribution in [0.3, 0.4) is 0 Å². The summed E-state index contributed by atoms with van der Waals surface area (Å²) in [5.74, 6) is 1.57. The molecular weight excluding hydrogens is 268 g/mol. The number of pyridine rings is 1. The van der Waals surface area contributed by atoms with E-state index in [1.54, 1.807) is 36.5 Å². The van der Waals surface area contributed by atoms with Crippen LogP contribution in [0.4, 0.5) is 0 Å². The highest BCUT2D eigenvalue weighted by Crippen LogP contribution is 2.27. The average Bonchev–Trinajstić information content (AvgIpc) is 2.54. The zero-order chi connectivity index (χ0) is 15.2. The molecule has 0 aliphatic heterocycles. The number of aromatic nitrogens is 1. The lowest BCUT2D eigenvalue weighted by Crippen LogP contribution is -1.98. The van der Waals surface area contributed by atoms with Crippen LogP contribution in [0.1, 0.15) is 30.7 Å². The number of methoxy groups -OCH3 is 1. The van der Waals surface area contributed by atoms with Gasteiger partial charge in [-0.3, -0.25) is 4.98 Å². The molecule has 2 aromatic rings. The number of benzene rings is 1. The molecule has 21 heavy (non-hydrogen) atoms. The minimum Gasteiger partial charge on any atom is -0.497 e. The summed E-state index contributed by atoms with van der Waals surface area (Å²) in [5, 5.41) is 18.7. The molecule has 0 bridgehead atoms. The summed E-state index contributed by atoms with van der Waals surface area (Å²) in [6.07, 6.45) is 1.58. The van der Waals surface area contributed by atoms with Crippen molar-refractivity contribution in [2.45, 2.75) is 19.4 Å². The first-order valence-corrected chi connectivity index (χ1v) is 6.57. The second-order valence-electron chi connectivity index (χ2n) is 4.45. The Labute approximate surface area is 123 Å². The van der Waals surface area contributed by atoms with Gasteiger partial charge in [0.1, 0.15) is 17.2 Å². The van der Waals surface area contributed by atoms with Crippen LogP contribution in [-0.2, 0) is 0 Å². The largest absolute Gasteiger partial charge is 0.497 e. The van der Waals surface area contributed by atoms with Gasteiger partial charge in [0.15, 0.2) is 0 Å². The molecule has 0 aliphatic carbocycles. The smallest absolute Gasteiger partial charge is 0.145 e. The number of hydrogen-bond donors (Lipinski definition) is 1. The molecule has 1 N–H and O–H groups in total. The highest BCUT2D eigenvalue weighted by atomic mass is 16.5. The summed E-state index contributed by atoms with van der Waals surface area (Å²) in [6, 6.07) is 10.4. The molecule has 0 aliphatic rings. The Morgan fingerprint density at radius 3 is 2.57 bits per heavy atom. The van der Waals surface area contributed by atoms with Crippen LogP contribution in [0.5, 0.6) is 17.2 Å². The molecule has 108 valence electrons. The minimum atomic E-state index is -0.568. The van der Waals surface area contributed by atoms with Crippen molar-refractivity contribution in [1.82, 2.24) is 4.98 Å². The lowest BCUT2D eigenvalue weighted by Gasteiger charge is -2.10. The van der Waals surface area contributed by atoms with Crippen LogP contribution in [-0.4, -0.2) is 17.2 Å². The third kappa shape index (κ3) is 3.71. The molecule has 0 saturated heterocycles. The quantitative estimate of drug-likeness (QED) is 0.912. The van der Waals surface area contributed by atoms with E-state index in [-0.39, 0.29) is 0 Å². The molecule has 2 rings (SSSR count). The molecule has 5 heteroatoms. The van der Waals surface area contributed by atoms with Gasteiger partial charge in [-0.05, 0) is 30.7 Å². The maximum absolute atomic E-state index is 9.69. The third-order valence-corrected chi connectivity index (χ3v) is 2.97. The normalized spacial score (nSPS) is 11.5. The van der Waals surface area contributed by atoms with Crippen molar-refractivity contribution >= 4 is 0 Å². The fourth-order valence-electron chi connectivity index (χ4n) is 1.81. The molecule has 1 aromatic heterocycles. The van der Waals surface area contributed by atoms with Crippen LogP contribution < -0.4 is 9.47 Å². The first kappa shape index (κ1) is 14.8. The Bertz CT molecular complexity index is 648. The molecule has 0 saturated carbocycles. The van der Waals surface area contributed by atoms with E-state index in [4.69, 9.17) is 14.7 Å². The topological polar surface area (TPSA) is 75.4 Å². The Balaban J connectivity index is 2.20. The monoisotopic (exact) mass is 284 g/mol. The van der Waals surface area contributed by atoms with Gasteiger partial charge in [0.25, 0.3) is 0 Å². The van der Waals surface area contributed by atoms with E-state index in [0.29, 0.717) is 34.9 Å². The first-order valence-electron chi connectivity index (χ1n) is 6.57. The predicted octanol–water partition coefficient (Wildman–Crippen LogP) is 3.20. The SMILES string of the molecule is CC[C@@H](O)c1ccc(Oc2cc(C#N)cc(OC)c2)cn1. The summed E-state index contributed by atoms with van der Waals surface area (Å²) < 4.78 is 10.8. The number of hydrogen-bond acceptors (Lipinski definition) is 5. The van der Waals surface area contributed by atoms with Gasteiger partial charge >= 0.3 is 0 Å². The molecule has 0 radical (unpaired) electrons. The molecule has 0 fully saturated rings. The lowest BCUT2D eigenvalue weighted by atomic mass is 10.2. The maximum atomic E-state index is 9.69. The van der Waals surface area contributed by atoms with Gasteiger partial charge in [-0.15, -0.1) is 0 Å². The molecule has 1 aromatic carbocycles. The van der Waals surface area contributed by atoms with Crippen molar-refractivity contribution in [2.24, 2.45) is 0 Å². The lowest BCUT2D eigenvalue weighted by molar-refractivity contribution is 0.169. The summed E-state index contributed by atoms with van der Waals surface area (Å²) in [5.41, 5.74) is 1.06. The number of nitrogens with zero attached hydrogens (tertiary/aromatic N) is 2. The number of rotatable bonds is 5. The Hall–Kier alpha value is -2.58. The highest BCUT2D eigenvalue weighted by Gasteiger charge is 2.07. The molecule has 1 heterocycles. The van der Waals surface area contributed by atoms with E-state index in [9.17, 15) is 5.11 Å². The number of aliphatic hydroxyl groups is 1. The second-order valence-corrected chi connectivity index (χ2v) is 4.45. The van der Waals surface area contributed by atoms with Crippen molar-refractivity contribution in [3.05, 3.63) is 47.8 Å². The van der Waals surface area contributed by atoms with Gasteiger partial charge in [-0.1, -0.05) is 6.92 Å². The fourth-order valence-corrected chi connectivity index (χ4v) is 1.81. The Morgan fingerprint density at radius 1 is 1.24 bits per heavy atom. The Kier molecular flexibility index (Phi) is 4.75. The summed E-state index contributed by atoms with van der Waals surface area (Å²) >= 11 is 0. The van der Waals surface area contributed by atoms with Crippen molar-refractivity contribution in [2.75, 3.05) is 7.11 Å². The molecule has 0 spiro atoms. The van der Waals surface area contributed by atoms with Gasteiger partial charge < -0.3 is 14.6 Å². The summed E-state index contributed by atoms with van der Waals surface area (Å²) in [4.78, 5) is 4.16. The van der Waals surface area contributed by atoms with E-state index in [2.05, 4.69) is 11.1 Å². The average molecular weight is 284 g/mol. The predicted molar refractivity (Wildman–Crippen MR) is 77.3 cm³/mol.